The monoisotopic (exact) mass is 875 g/mol. The SMILES string of the molecule is CC(=O)C1=C(C)c2cnc(Nc3ccc(N4CCN(CC(=O)NCCCCNC(=O)COc5cccc6c5C(=O)N(C5CCC(=O)NC5=O)C6=O)CC4)cn3)nc2N(C2CCCC2)C1. The first kappa shape index (κ1) is 43.9. The number of imide groups is 2. The molecule has 19 nitrogen and oxygen atoms in total. The van der Waals surface area contributed by atoms with Crippen LogP contribution in [0.4, 0.5) is 23.3 Å². The molecule has 3 fully saturated rings. The molecule has 1 aromatic carbocycles. The van der Waals surface area contributed by atoms with E-state index in [4.69, 9.17) is 9.72 Å². The van der Waals surface area contributed by atoms with Crippen molar-refractivity contribution in [1.29, 1.82) is 0 Å². The molecule has 1 atom stereocenters. The summed E-state index contributed by atoms with van der Waals surface area (Å²) in [6, 6.07) is 7.64. The Labute approximate surface area is 370 Å². The van der Waals surface area contributed by atoms with Crippen LogP contribution in [0.5, 0.6) is 5.75 Å². The van der Waals surface area contributed by atoms with E-state index >= 15 is 0 Å². The van der Waals surface area contributed by atoms with Crippen molar-refractivity contribution in [2.45, 2.75) is 77.3 Å². The van der Waals surface area contributed by atoms with Gasteiger partial charge in [0.2, 0.25) is 23.7 Å². The molecule has 19 heteroatoms. The van der Waals surface area contributed by atoms with Gasteiger partial charge < -0.3 is 30.5 Å². The van der Waals surface area contributed by atoms with Crippen molar-refractivity contribution in [3.8, 4) is 5.75 Å². The number of nitrogens with zero attached hydrogens (tertiary/aromatic N) is 7. The molecule has 6 heterocycles. The molecular formula is C45H53N11O8. The molecule has 8 rings (SSSR count). The van der Waals surface area contributed by atoms with Gasteiger partial charge in [-0.05, 0) is 75.8 Å². The quantitative estimate of drug-likeness (QED) is 0.120. The van der Waals surface area contributed by atoms with E-state index in [2.05, 4.69) is 45.9 Å². The summed E-state index contributed by atoms with van der Waals surface area (Å²) in [5, 5.41) is 11.1. The van der Waals surface area contributed by atoms with Crippen LogP contribution >= 0.6 is 0 Å². The highest BCUT2D eigenvalue weighted by atomic mass is 16.5. The lowest BCUT2D eigenvalue weighted by Gasteiger charge is -2.36. The van der Waals surface area contributed by atoms with Crippen molar-refractivity contribution in [2.75, 3.05) is 74.1 Å². The van der Waals surface area contributed by atoms with Crippen LogP contribution in [-0.4, -0.2) is 137 Å². The summed E-state index contributed by atoms with van der Waals surface area (Å²) in [6.07, 6.45) is 9.46. The van der Waals surface area contributed by atoms with E-state index in [1.54, 1.807) is 13.1 Å². The van der Waals surface area contributed by atoms with E-state index in [-0.39, 0.29) is 48.0 Å². The first-order valence-corrected chi connectivity index (χ1v) is 22.0. The Morgan fingerprint density at radius 3 is 2.31 bits per heavy atom. The first-order valence-electron chi connectivity index (χ1n) is 22.0. The van der Waals surface area contributed by atoms with Crippen LogP contribution in [0.3, 0.4) is 0 Å². The minimum atomic E-state index is -1.11. The number of aromatic nitrogens is 3. The van der Waals surface area contributed by atoms with Crippen LogP contribution in [0, 0.1) is 0 Å². The maximum atomic E-state index is 13.2. The summed E-state index contributed by atoms with van der Waals surface area (Å²) in [6.45, 7) is 7.79. The average molecular weight is 876 g/mol. The molecule has 4 aliphatic heterocycles. The zero-order valence-electron chi connectivity index (χ0n) is 36.1. The van der Waals surface area contributed by atoms with E-state index in [1.165, 1.54) is 31.0 Å². The highest BCUT2D eigenvalue weighted by Crippen LogP contribution is 2.39. The number of ether oxygens (including phenoxy) is 1. The van der Waals surface area contributed by atoms with Crippen LogP contribution in [0.2, 0.25) is 0 Å². The average Bonchev–Trinajstić information content (AvgIpc) is 3.91. The Balaban J connectivity index is 0.717. The number of anilines is 4. The molecule has 2 saturated heterocycles. The van der Waals surface area contributed by atoms with Gasteiger partial charge in [0, 0.05) is 75.6 Å². The molecule has 0 spiro atoms. The van der Waals surface area contributed by atoms with Crippen LogP contribution in [-0.2, 0) is 24.0 Å². The number of carbonyl (C=O) groups is 7. The minimum Gasteiger partial charge on any atom is -0.483 e. The number of unbranched alkanes of at least 4 members (excludes halogenated alkanes) is 1. The molecule has 4 N–H and O–H groups in total. The minimum absolute atomic E-state index is 0.00733. The van der Waals surface area contributed by atoms with E-state index < -0.39 is 42.2 Å². The number of hydrogen-bond acceptors (Lipinski definition) is 15. The van der Waals surface area contributed by atoms with Gasteiger partial charge in [-0.1, -0.05) is 18.9 Å². The van der Waals surface area contributed by atoms with Crippen molar-refractivity contribution < 1.29 is 38.3 Å². The Morgan fingerprint density at radius 1 is 0.859 bits per heavy atom. The number of ketones is 1. The Kier molecular flexibility index (Phi) is 13.2. The molecule has 1 unspecified atom stereocenters. The van der Waals surface area contributed by atoms with Gasteiger partial charge >= 0.3 is 0 Å². The van der Waals surface area contributed by atoms with Crippen molar-refractivity contribution in [1.82, 2.24) is 40.7 Å². The van der Waals surface area contributed by atoms with Gasteiger partial charge in [-0.25, -0.2) is 9.97 Å². The third-order valence-electron chi connectivity index (χ3n) is 12.5. The van der Waals surface area contributed by atoms with Gasteiger partial charge in [0.15, 0.2) is 12.4 Å². The lowest BCUT2D eigenvalue weighted by Crippen LogP contribution is -2.54. The van der Waals surface area contributed by atoms with E-state index in [0.717, 1.165) is 72.1 Å². The number of nitrogens with one attached hydrogen (secondary N) is 4. The van der Waals surface area contributed by atoms with Crippen LogP contribution < -0.4 is 35.8 Å². The molecule has 3 aromatic rings. The van der Waals surface area contributed by atoms with E-state index in [1.807, 2.05) is 25.3 Å². The van der Waals surface area contributed by atoms with Gasteiger partial charge in [-0.3, -0.25) is 48.7 Å². The first-order chi connectivity index (χ1) is 30.9. The molecule has 0 radical (unpaired) electrons. The molecule has 1 aliphatic carbocycles. The van der Waals surface area contributed by atoms with Crippen molar-refractivity contribution >= 4 is 70.1 Å². The third-order valence-corrected chi connectivity index (χ3v) is 12.5. The molecule has 2 aromatic heterocycles. The van der Waals surface area contributed by atoms with Crippen LogP contribution in [0.25, 0.3) is 5.57 Å². The van der Waals surface area contributed by atoms with Gasteiger partial charge in [-0.2, -0.15) is 4.98 Å². The molecular weight excluding hydrogens is 823 g/mol. The standard InChI is InChI=1S/C45H53N11O8/c1-27-32-23-49-45(52-41(32)55(24-33(27)28(2)57)29-8-3-4-9-29)50-36-14-12-30(22-48-36)54-20-18-53(19-21-54)25-38(59)46-16-5-6-17-47-39(60)26-64-35-11-7-10-31-40(35)44(63)56(43(31)62)34-13-15-37(58)51-42(34)61/h7,10-12,14,22-23,29,34H,3-6,8-9,13,15-21,24-26H2,1-2H3,(H,46,59)(H,47,60)(H,51,58,61)(H,48,49,50,52). The normalized spacial score (nSPS) is 19.1. The maximum Gasteiger partial charge on any atom is 0.266 e. The van der Waals surface area contributed by atoms with Crippen molar-refractivity contribution in [3.05, 3.63) is 65.0 Å². The topological polar surface area (TPSA) is 228 Å². The van der Waals surface area contributed by atoms with Crippen molar-refractivity contribution in [2.24, 2.45) is 0 Å². The summed E-state index contributed by atoms with van der Waals surface area (Å²) in [5.74, 6) is -0.954. The van der Waals surface area contributed by atoms with E-state index in [9.17, 15) is 33.6 Å². The summed E-state index contributed by atoms with van der Waals surface area (Å²) < 4.78 is 5.64. The Morgan fingerprint density at radius 2 is 1.61 bits per heavy atom. The number of allylic oxidation sites excluding steroid dienone is 1. The largest absolute Gasteiger partial charge is 0.483 e. The lowest BCUT2D eigenvalue weighted by molar-refractivity contribution is -0.136. The number of rotatable bonds is 16. The second-order valence-corrected chi connectivity index (χ2v) is 16.8. The molecule has 64 heavy (non-hydrogen) atoms. The maximum absolute atomic E-state index is 13.2. The number of benzene rings is 1. The van der Waals surface area contributed by atoms with Gasteiger partial charge in [0.25, 0.3) is 17.7 Å². The second-order valence-electron chi connectivity index (χ2n) is 16.8. The number of amides is 6. The van der Waals surface area contributed by atoms with Crippen LogP contribution in [0.1, 0.15) is 91.5 Å². The number of fused-ring (bicyclic) bond motifs is 2. The third kappa shape index (κ3) is 9.58. The zero-order valence-corrected chi connectivity index (χ0v) is 36.1. The fourth-order valence-electron chi connectivity index (χ4n) is 9.03. The molecule has 0 bridgehead atoms. The number of Topliss-reactive ketones (excluding diaryl/α,β-unsaturated/α-hetero) is 1. The number of hydrogen-bond donors (Lipinski definition) is 4. The molecule has 6 amide bonds. The van der Waals surface area contributed by atoms with Crippen LogP contribution in [0.15, 0.2) is 48.3 Å². The number of carbonyl (C=O) groups excluding carboxylic acids is 7. The number of piperidine rings is 1. The molecule has 1 saturated carbocycles. The van der Waals surface area contributed by atoms with Gasteiger partial charge in [-0.15, -0.1) is 0 Å². The van der Waals surface area contributed by atoms with Gasteiger partial charge in [0.05, 0.1) is 29.6 Å². The fourth-order valence-corrected chi connectivity index (χ4v) is 9.03. The second kappa shape index (κ2) is 19.3. The van der Waals surface area contributed by atoms with Crippen molar-refractivity contribution in [3.63, 3.8) is 0 Å². The zero-order chi connectivity index (χ0) is 44.9. The summed E-state index contributed by atoms with van der Waals surface area (Å²) in [4.78, 5) is 110. The smallest absolute Gasteiger partial charge is 0.266 e. The van der Waals surface area contributed by atoms with E-state index in [0.29, 0.717) is 50.3 Å². The predicted octanol–water partition coefficient (Wildman–Crippen LogP) is 2.36. The number of pyridine rings is 1. The Hall–Kier alpha value is -6.76. The Bertz CT molecular complexity index is 2370. The fraction of sp³-hybridized carbons (Fsp3) is 0.467. The summed E-state index contributed by atoms with van der Waals surface area (Å²) >= 11 is 0. The highest BCUT2D eigenvalue weighted by Gasteiger charge is 2.46. The summed E-state index contributed by atoms with van der Waals surface area (Å²) in [7, 11) is 0. The summed E-state index contributed by atoms with van der Waals surface area (Å²) in [5.41, 5.74) is 3.69. The molecule has 5 aliphatic rings. The predicted molar refractivity (Wildman–Crippen MR) is 235 cm³/mol. The number of piperazine rings is 1. The highest BCUT2D eigenvalue weighted by molar-refractivity contribution is 6.24. The molecule has 336 valence electrons. The van der Waals surface area contributed by atoms with Gasteiger partial charge in [0.1, 0.15) is 23.4 Å². The lowest BCUT2D eigenvalue weighted by atomic mass is 9.94.